The van der Waals surface area contributed by atoms with Gasteiger partial charge in [0.15, 0.2) is 0 Å². The van der Waals surface area contributed by atoms with Gasteiger partial charge in [0.05, 0.1) is 12.5 Å². The maximum atomic E-state index is 5.24. The molecule has 0 fully saturated rings. The van der Waals surface area contributed by atoms with Crippen molar-refractivity contribution in [3.05, 3.63) is 22.3 Å². The number of methoxy groups -OCH3 is 1. The largest absolute Gasteiger partial charge is 0.496 e. The quantitative estimate of drug-likeness (QED) is 0.833. The number of aromatic amines is 1. The highest BCUT2D eigenvalue weighted by Crippen LogP contribution is 2.31. The second kappa shape index (κ2) is 3.03. The third-order valence-electron chi connectivity index (χ3n) is 2.02. The predicted octanol–water partition coefficient (Wildman–Crippen LogP) is 2.64. The molecule has 1 N–H and O–H groups in total. The number of rotatable bonds is 1. The topological polar surface area (TPSA) is 37.9 Å². The average Bonchev–Trinajstić information content (AvgIpc) is 2.51. The van der Waals surface area contributed by atoms with Crippen LogP contribution in [-0.2, 0) is 0 Å². The summed E-state index contributed by atoms with van der Waals surface area (Å²) < 4.78 is 6.22. The van der Waals surface area contributed by atoms with E-state index in [1.54, 1.807) is 7.11 Å². The van der Waals surface area contributed by atoms with E-state index in [0.717, 1.165) is 26.8 Å². The number of hydrogen-bond acceptors (Lipinski definition) is 2. The molecule has 2 rings (SSSR count). The van der Waals surface area contributed by atoms with Crippen LogP contribution in [0.5, 0.6) is 5.75 Å². The molecule has 0 spiro atoms. The van der Waals surface area contributed by atoms with Gasteiger partial charge in [-0.2, -0.15) is 5.10 Å². The number of benzene rings is 1. The lowest BCUT2D eigenvalue weighted by atomic mass is 10.2. The van der Waals surface area contributed by atoms with Crippen molar-refractivity contribution >= 4 is 26.8 Å². The van der Waals surface area contributed by atoms with Crippen LogP contribution in [0.25, 0.3) is 10.9 Å². The number of fused-ring (bicyclic) bond motifs is 1. The maximum Gasteiger partial charge on any atom is 0.130 e. The first-order chi connectivity index (χ1) is 6.24. The van der Waals surface area contributed by atoms with Crippen LogP contribution in [0.2, 0.25) is 0 Å². The molecule has 0 unspecified atom stereocenters. The molecule has 1 aromatic heterocycles. The summed E-state index contributed by atoms with van der Waals surface area (Å²) in [5.41, 5.74) is 1.94. The highest BCUT2D eigenvalue weighted by atomic mass is 79.9. The van der Waals surface area contributed by atoms with E-state index in [4.69, 9.17) is 4.74 Å². The molecule has 1 aromatic carbocycles. The minimum Gasteiger partial charge on any atom is -0.496 e. The lowest BCUT2D eigenvalue weighted by Crippen LogP contribution is -1.84. The Balaban J connectivity index is 2.88. The van der Waals surface area contributed by atoms with Crippen molar-refractivity contribution in [2.45, 2.75) is 6.92 Å². The highest BCUT2D eigenvalue weighted by molar-refractivity contribution is 9.10. The fourth-order valence-corrected chi connectivity index (χ4v) is 1.80. The Hall–Kier alpha value is -1.03. The molecule has 0 radical (unpaired) electrons. The smallest absolute Gasteiger partial charge is 0.130 e. The fourth-order valence-electron chi connectivity index (χ4n) is 1.38. The van der Waals surface area contributed by atoms with Crippen molar-refractivity contribution in [3.63, 3.8) is 0 Å². The van der Waals surface area contributed by atoms with Crippen molar-refractivity contribution in [1.82, 2.24) is 10.2 Å². The minimum absolute atomic E-state index is 0.851. The summed E-state index contributed by atoms with van der Waals surface area (Å²) in [5, 5.41) is 8.15. The third kappa shape index (κ3) is 1.21. The summed E-state index contributed by atoms with van der Waals surface area (Å²) in [6.07, 6.45) is 0. The molecule has 0 atom stereocenters. The van der Waals surface area contributed by atoms with Crippen molar-refractivity contribution in [3.8, 4) is 5.75 Å². The zero-order chi connectivity index (χ0) is 9.42. The Morgan fingerprint density at radius 3 is 2.92 bits per heavy atom. The van der Waals surface area contributed by atoms with Crippen LogP contribution in [-0.4, -0.2) is 17.3 Å². The predicted molar refractivity (Wildman–Crippen MR) is 55.1 cm³/mol. The van der Waals surface area contributed by atoms with E-state index in [1.807, 2.05) is 19.1 Å². The van der Waals surface area contributed by atoms with Gasteiger partial charge >= 0.3 is 0 Å². The second-order valence-corrected chi connectivity index (χ2v) is 3.68. The number of aromatic nitrogens is 2. The molecule has 13 heavy (non-hydrogen) atoms. The minimum atomic E-state index is 0.851. The Morgan fingerprint density at radius 1 is 1.46 bits per heavy atom. The zero-order valence-electron chi connectivity index (χ0n) is 7.39. The van der Waals surface area contributed by atoms with E-state index < -0.39 is 0 Å². The first kappa shape index (κ1) is 8.56. The van der Waals surface area contributed by atoms with E-state index in [9.17, 15) is 0 Å². The van der Waals surface area contributed by atoms with Crippen LogP contribution in [0, 0.1) is 6.92 Å². The van der Waals surface area contributed by atoms with Gasteiger partial charge in [-0.3, -0.25) is 5.10 Å². The number of nitrogens with zero attached hydrogens (tertiary/aromatic N) is 1. The monoisotopic (exact) mass is 240 g/mol. The third-order valence-corrected chi connectivity index (χ3v) is 2.66. The SMILES string of the molecule is COc1ccc(Br)c2n[nH]c(C)c12. The van der Waals surface area contributed by atoms with E-state index in [-0.39, 0.29) is 0 Å². The first-order valence-electron chi connectivity index (χ1n) is 3.91. The lowest BCUT2D eigenvalue weighted by molar-refractivity contribution is 0.419. The molecule has 0 aliphatic rings. The standard InChI is InChI=1S/C9H9BrN2O/c1-5-8-7(13-2)4-3-6(10)9(8)12-11-5/h3-4H,1-2H3,(H,11,12). The van der Waals surface area contributed by atoms with Gasteiger partial charge in [-0.15, -0.1) is 0 Å². The van der Waals surface area contributed by atoms with Crippen molar-refractivity contribution in [2.24, 2.45) is 0 Å². The van der Waals surface area contributed by atoms with Crippen molar-refractivity contribution in [2.75, 3.05) is 7.11 Å². The Kier molecular flexibility index (Phi) is 2.00. The van der Waals surface area contributed by atoms with E-state index in [2.05, 4.69) is 26.1 Å². The highest BCUT2D eigenvalue weighted by Gasteiger charge is 2.09. The Bertz CT molecular complexity index is 450. The molecule has 0 aliphatic carbocycles. The molecule has 2 aromatic rings. The molecule has 3 nitrogen and oxygen atoms in total. The van der Waals surface area contributed by atoms with Gasteiger partial charge in [0, 0.05) is 10.2 Å². The van der Waals surface area contributed by atoms with E-state index >= 15 is 0 Å². The summed E-state index contributed by atoms with van der Waals surface area (Å²) in [7, 11) is 1.66. The van der Waals surface area contributed by atoms with Gasteiger partial charge in [0.2, 0.25) is 0 Å². The van der Waals surface area contributed by atoms with Gasteiger partial charge in [-0.1, -0.05) is 0 Å². The number of ether oxygens (including phenoxy) is 1. The molecule has 0 saturated heterocycles. The Labute approximate surface area is 84.2 Å². The molecule has 0 aliphatic heterocycles. The fraction of sp³-hybridized carbons (Fsp3) is 0.222. The summed E-state index contributed by atoms with van der Waals surface area (Å²) in [5.74, 6) is 0.851. The number of aryl methyl sites for hydroxylation is 1. The summed E-state index contributed by atoms with van der Waals surface area (Å²) in [6, 6.07) is 3.86. The molecule has 0 bridgehead atoms. The summed E-state index contributed by atoms with van der Waals surface area (Å²) >= 11 is 3.44. The number of hydrogen-bond donors (Lipinski definition) is 1. The normalized spacial score (nSPS) is 10.7. The van der Waals surface area contributed by atoms with Gasteiger partial charge in [0.25, 0.3) is 0 Å². The first-order valence-corrected chi connectivity index (χ1v) is 4.70. The molecular formula is C9H9BrN2O. The number of H-pyrrole nitrogens is 1. The van der Waals surface area contributed by atoms with Crippen LogP contribution in [0.4, 0.5) is 0 Å². The molecule has 0 saturated carbocycles. The molecule has 1 heterocycles. The molecule has 0 amide bonds. The van der Waals surface area contributed by atoms with Crippen molar-refractivity contribution < 1.29 is 4.74 Å². The number of halogens is 1. The van der Waals surface area contributed by atoms with Crippen LogP contribution in [0.1, 0.15) is 5.69 Å². The van der Waals surface area contributed by atoms with Crippen LogP contribution in [0.3, 0.4) is 0 Å². The summed E-state index contributed by atoms with van der Waals surface area (Å²) in [6.45, 7) is 1.98. The van der Waals surface area contributed by atoms with Crippen LogP contribution >= 0.6 is 15.9 Å². The van der Waals surface area contributed by atoms with Gasteiger partial charge in [0.1, 0.15) is 11.3 Å². The van der Waals surface area contributed by atoms with Gasteiger partial charge in [-0.05, 0) is 35.0 Å². The second-order valence-electron chi connectivity index (χ2n) is 2.82. The van der Waals surface area contributed by atoms with E-state index in [1.165, 1.54) is 0 Å². The summed E-state index contributed by atoms with van der Waals surface area (Å²) in [4.78, 5) is 0. The van der Waals surface area contributed by atoms with Gasteiger partial charge in [-0.25, -0.2) is 0 Å². The molecular weight excluding hydrogens is 232 g/mol. The average molecular weight is 241 g/mol. The van der Waals surface area contributed by atoms with Crippen LogP contribution < -0.4 is 4.74 Å². The van der Waals surface area contributed by atoms with Crippen LogP contribution in [0.15, 0.2) is 16.6 Å². The maximum absolute atomic E-state index is 5.24. The zero-order valence-corrected chi connectivity index (χ0v) is 8.97. The van der Waals surface area contributed by atoms with Gasteiger partial charge < -0.3 is 4.74 Å². The number of nitrogens with one attached hydrogen (secondary N) is 1. The molecule has 68 valence electrons. The van der Waals surface area contributed by atoms with E-state index in [0.29, 0.717) is 0 Å². The lowest BCUT2D eigenvalue weighted by Gasteiger charge is -2.02. The van der Waals surface area contributed by atoms with Crippen molar-refractivity contribution in [1.29, 1.82) is 0 Å². The molecule has 4 heteroatoms. The Morgan fingerprint density at radius 2 is 2.23 bits per heavy atom.